The zero-order valence-electron chi connectivity index (χ0n) is 22.6. The van der Waals surface area contributed by atoms with Crippen LogP contribution in [0.4, 0.5) is 17.6 Å². The molecule has 3 heterocycles. The van der Waals surface area contributed by atoms with Crippen molar-refractivity contribution >= 4 is 38.6 Å². The summed E-state index contributed by atoms with van der Waals surface area (Å²) in [6.45, 7) is -0.268. The maximum Gasteiger partial charge on any atom is 0.424 e. The van der Waals surface area contributed by atoms with Gasteiger partial charge in [0.2, 0.25) is 11.5 Å². The average molecular weight is 663 g/mol. The molecule has 0 saturated heterocycles. The molecule has 14 heteroatoms. The van der Waals surface area contributed by atoms with Crippen LogP contribution in [0.1, 0.15) is 28.5 Å². The van der Waals surface area contributed by atoms with Crippen molar-refractivity contribution in [2.24, 2.45) is 5.73 Å². The van der Waals surface area contributed by atoms with Gasteiger partial charge in [-0.2, -0.15) is 13.2 Å². The number of rotatable bonds is 7. The number of aliphatic hydroxyl groups is 1. The number of nitrogens with one attached hydrogen (secondary N) is 1. The van der Waals surface area contributed by atoms with E-state index in [9.17, 15) is 32.3 Å². The van der Waals surface area contributed by atoms with Crippen molar-refractivity contribution in [3.05, 3.63) is 81.8 Å². The molecule has 0 fully saturated rings. The van der Waals surface area contributed by atoms with Gasteiger partial charge in [0, 0.05) is 32.7 Å². The van der Waals surface area contributed by atoms with E-state index in [4.69, 9.17) is 15.2 Å². The number of carbonyl (C=O) groups is 2. The molecule has 43 heavy (non-hydrogen) atoms. The summed E-state index contributed by atoms with van der Waals surface area (Å²) in [5.41, 5.74) is -0.350. The molecule has 0 radical (unpaired) electrons. The molecule has 0 spiro atoms. The number of nitrogens with two attached hydrogens (primary N) is 1. The second-order valence-electron chi connectivity index (χ2n) is 10.2. The average Bonchev–Trinajstić information content (AvgIpc) is 3.32. The minimum absolute atomic E-state index is 0.0340. The first-order chi connectivity index (χ1) is 20.2. The van der Waals surface area contributed by atoms with Crippen LogP contribution < -0.4 is 20.5 Å². The fourth-order valence-corrected chi connectivity index (χ4v) is 5.07. The maximum atomic E-state index is 14.7. The number of ether oxygens (including phenoxy) is 2. The molecule has 0 bridgehead atoms. The molecule has 9 nitrogen and oxygen atoms in total. The number of amides is 2. The highest BCUT2D eigenvalue weighted by Gasteiger charge is 2.57. The highest BCUT2D eigenvalue weighted by Crippen LogP contribution is 2.47. The molecular formula is C29H23BrF4N4O5. The van der Waals surface area contributed by atoms with Crippen LogP contribution in [0.15, 0.2) is 59.2 Å². The molecule has 0 aliphatic carbocycles. The van der Waals surface area contributed by atoms with Gasteiger partial charge in [0.25, 0.3) is 5.91 Å². The zero-order valence-corrected chi connectivity index (χ0v) is 24.1. The summed E-state index contributed by atoms with van der Waals surface area (Å²) in [6.07, 6.45) is -3.84. The molecule has 1 aliphatic rings. The third-order valence-electron chi connectivity index (χ3n) is 7.33. The zero-order chi connectivity index (χ0) is 31.3. The molecule has 2 aromatic heterocycles. The molecule has 2 atom stereocenters. The number of alkyl halides is 3. The van der Waals surface area contributed by atoms with Crippen LogP contribution in [0.2, 0.25) is 0 Å². The van der Waals surface area contributed by atoms with Gasteiger partial charge in [-0.05, 0) is 71.4 Å². The minimum atomic E-state index is -5.36. The monoisotopic (exact) mass is 662 g/mol. The summed E-state index contributed by atoms with van der Waals surface area (Å²) in [6, 6.07) is 9.92. The number of nitrogens with zero attached hydrogens (tertiary/aromatic N) is 2. The normalized spacial score (nSPS) is 17.6. The number of hydrogen-bond donors (Lipinski definition) is 3. The van der Waals surface area contributed by atoms with Gasteiger partial charge >= 0.3 is 6.18 Å². The van der Waals surface area contributed by atoms with Crippen LogP contribution in [-0.2, 0) is 15.8 Å². The fourth-order valence-electron chi connectivity index (χ4n) is 4.73. The molecular weight excluding hydrogens is 640 g/mol. The first-order valence-corrected chi connectivity index (χ1v) is 13.4. The highest BCUT2D eigenvalue weighted by molar-refractivity contribution is 9.10. The molecule has 1 aliphatic heterocycles. The lowest BCUT2D eigenvalue weighted by Gasteiger charge is -2.31. The number of halogens is 5. The maximum absolute atomic E-state index is 14.7. The van der Waals surface area contributed by atoms with Crippen LogP contribution >= 0.6 is 15.9 Å². The van der Waals surface area contributed by atoms with Gasteiger partial charge in [-0.25, -0.2) is 9.37 Å². The Morgan fingerprint density at radius 1 is 1.19 bits per heavy atom. The number of benzene rings is 2. The standard InChI is InChI=1S/C29H23BrF4N4O5/c1-27(26(35)40)13-43-24-19(27)10-21(38-23(24)14-3-5-18(31)6-4-14)28(41,29(32,33)34)12-37-25(39)16-7-15-8-17(30)11-36-22(15)20(9-16)42-2/h3-11,41H,12-13H2,1-2H3,(H2,35,40)(H,37,39)/t27-,28?/m0/s1. The molecule has 224 valence electrons. The Morgan fingerprint density at radius 2 is 1.88 bits per heavy atom. The lowest BCUT2D eigenvalue weighted by atomic mass is 9.81. The summed E-state index contributed by atoms with van der Waals surface area (Å²) >= 11 is 3.28. The number of primary amides is 1. The topological polar surface area (TPSA) is 137 Å². The van der Waals surface area contributed by atoms with E-state index in [1.807, 2.05) is 0 Å². The smallest absolute Gasteiger partial charge is 0.424 e. The first kappa shape index (κ1) is 30.2. The number of hydrogen-bond acceptors (Lipinski definition) is 7. The number of pyridine rings is 2. The van der Waals surface area contributed by atoms with Crippen molar-refractivity contribution in [3.63, 3.8) is 0 Å². The van der Waals surface area contributed by atoms with E-state index in [0.717, 1.165) is 18.2 Å². The number of carbonyl (C=O) groups excluding carboxylic acids is 2. The molecule has 0 saturated carbocycles. The molecule has 2 aromatic carbocycles. The highest BCUT2D eigenvalue weighted by atomic mass is 79.9. The molecule has 5 rings (SSSR count). The summed E-state index contributed by atoms with van der Waals surface area (Å²) in [5, 5.41) is 13.8. The van der Waals surface area contributed by atoms with E-state index < -0.39 is 47.1 Å². The fraction of sp³-hybridized carbons (Fsp3) is 0.241. The lowest BCUT2D eigenvalue weighted by Crippen LogP contribution is -2.51. The molecule has 1 unspecified atom stereocenters. The molecule has 2 amide bonds. The number of fused-ring (bicyclic) bond motifs is 2. The first-order valence-electron chi connectivity index (χ1n) is 12.6. The quantitative estimate of drug-likeness (QED) is 0.248. The van der Waals surface area contributed by atoms with Gasteiger partial charge < -0.3 is 25.6 Å². The van der Waals surface area contributed by atoms with Crippen molar-refractivity contribution in [2.45, 2.75) is 24.1 Å². The largest absolute Gasteiger partial charge is 0.494 e. The Labute approximate surface area is 250 Å². The Kier molecular flexibility index (Phi) is 7.55. The lowest BCUT2D eigenvalue weighted by molar-refractivity contribution is -0.265. The van der Waals surface area contributed by atoms with Crippen LogP contribution in [0.25, 0.3) is 22.2 Å². The number of methoxy groups -OCH3 is 1. The van der Waals surface area contributed by atoms with Gasteiger partial charge in [-0.15, -0.1) is 0 Å². The third-order valence-corrected chi connectivity index (χ3v) is 7.76. The molecule has 4 aromatic rings. The second-order valence-corrected chi connectivity index (χ2v) is 11.1. The van der Waals surface area contributed by atoms with E-state index in [1.54, 1.807) is 6.07 Å². The summed E-state index contributed by atoms with van der Waals surface area (Å²) in [7, 11) is 1.35. The van der Waals surface area contributed by atoms with Gasteiger partial charge in [-0.3, -0.25) is 14.6 Å². The Bertz CT molecular complexity index is 1770. The van der Waals surface area contributed by atoms with Gasteiger partial charge in [0.05, 0.1) is 19.3 Å². The van der Waals surface area contributed by atoms with Crippen molar-refractivity contribution in [3.8, 4) is 22.8 Å². The van der Waals surface area contributed by atoms with Crippen molar-refractivity contribution in [1.82, 2.24) is 15.3 Å². The SMILES string of the molecule is COc1cc(C(=O)NCC(O)(c2cc3c(c(-c4ccc(F)cc4)n2)OC[C@]3(C)C(N)=O)C(F)(F)F)cc2cc(Br)cnc12. The second kappa shape index (κ2) is 10.8. The minimum Gasteiger partial charge on any atom is -0.494 e. The van der Waals surface area contributed by atoms with Crippen LogP contribution in [0.3, 0.4) is 0 Å². The van der Waals surface area contributed by atoms with E-state index in [1.165, 1.54) is 44.5 Å². The predicted octanol–water partition coefficient (Wildman–Crippen LogP) is 4.52. The van der Waals surface area contributed by atoms with Crippen molar-refractivity contribution < 1.29 is 41.7 Å². The van der Waals surface area contributed by atoms with E-state index in [-0.39, 0.29) is 40.5 Å². The van der Waals surface area contributed by atoms with Crippen LogP contribution in [0, 0.1) is 5.82 Å². The number of aromatic nitrogens is 2. The summed E-state index contributed by atoms with van der Waals surface area (Å²) in [4.78, 5) is 33.8. The Hall–Kier alpha value is -4.30. The van der Waals surface area contributed by atoms with Gasteiger partial charge in [0.15, 0.2) is 0 Å². The van der Waals surface area contributed by atoms with Crippen molar-refractivity contribution in [1.29, 1.82) is 0 Å². The Morgan fingerprint density at radius 3 is 2.51 bits per heavy atom. The van der Waals surface area contributed by atoms with Gasteiger partial charge in [-0.1, -0.05) is 0 Å². The van der Waals surface area contributed by atoms with Crippen LogP contribution in [0.5, 0.6) is 11.5 Å². The van der Waals surface area contributed by atoms with E-state index in [0.29, 0.717) is 15.4 Å². The van der Waals surface area contributed by atoms with Crippen LogP contribution in [-0.4, -0.2) is 53.3 Å². The van der Waals surface area contributed by atoms with Crippen molar-refractivity contribution in [2.75, 3.05) is 20.3 Å². The van der Waals surface area contributed by atoms with Gasteiger partial charge in [0.1, 0.15) is 40.5 Å². The third kappa shape index (κ3) is 5.25. The predicted molar refractivity (Wildman–Crippen MR) is 150 cm³/mol. The summed E-state index contributed by atoms with van der Waals surface area (Å²) < 4.78 is 69.2. The summed E-state index contributed by atoms with van der Waals surface area (Å²) in [5.74, 6) is -2.27. The molecule has 4 N–H and O–H groups in total. The van der Waals surface area contributed by atoms with E-state index >= 15 is 0 Å². The Balaban J connectivity index is 1.59. The van der Waals surface area contributed by atoms with E-state index in [2.05, 4.69) is 31.2 Å².